The molecule has 7 nitrogen and oxygen atoms in total. The van der Waals surface area contributed by atoms with E-state index in [0.717, 1.165) is 0 Å². The molecule has 4 N–H and O–H groups in total. The first kappa shape index (κ1) is 16.9. The summed E-state index contributed by atoms with van der Waals surface area (Å²) in [5.41, 5.74) is 10.8. The number of hydrogen-bond acceptors (Lipinski definition) is 8. The summed E-state index contributed by atoms with van der Waals surface area (Å²) < 4.78 is 9.09. The largest absolute Gasteiger partial charge is 0.466 e. The molecule has 0 aliphatic carbocycles. The molecule has 0 fully saturated rings. The SMILES string of the molecule is CCOC(=O)CC[C@H](N)C(=O)OC(=O)[C@@H](N)CS. The lowest BCUT2D eigenvalue weighted by molar-refractivity contribution is -0.161. The van der Waals surface area contributed by atoms with Crippen LogP contribution in [0.1, 0.15) is 19.8 Å². The smallest absolute Gasteiger partial charge is 0.331 e. The average molecular weight is 278 g/mol. The summed E-state index contributed by atoms with van der Waals surface area (Å²) in [6.45, 7) is 1.93. The summed E-state index contributed by atoms with van der Waals surface area (Å²) >= 11 is 3.79. The van der Waals surface area contributed by atoms with Crippen LogP contribution in [-0.4, -0.2) is 42.4 Å². The molecule has 0 spiro atoms. The molecule has 0 aliphatic heterocycles. The lowest BCUT2D eigenvalue weighted by Gasteiger charge is -2.11. The molecule has 0 heterocycles. The van der Waals surface area contributed by atoms with E-state index in [2.05, 4.69) is 22.1 Å². The van der Waals surface area contributed by atoms with Crippen molar-refractivity contribution in [2.45, 2.75) is 31.8 Å². The summed E-state index contributed by atoms with van der Waals surface area (Å²) in [6.07, 6.45) is 0.0258. The van der Waals surface area contributed by atoms with Crippen LogP contribution >= 0.6 is 12.6 Å². The van der Waals surface area contributed by atoms with Crippen LogP contribution in [0.15, 0.2) is 0 Å². The number of esters is 3. The number of carbonyl (C=O) groups is 3. The van der Waals surface area contributed by atoms with Crippen molar-refractivity contribution >= 4 is 30.5 Å². The Morgan fingerprint density at radius 3 is 2.22 bits per heavy atom. The number of carbonyl (C=O) groups excluding carboxylic acids is 3. The molecule has 0 aliphatic rings. The van der Waals surface area contributed by atoms with E-state index in [-0.39, 0.29) is 25.2 Å². The molecular formula is C10H18N2O5S. The molecule has 0 aromatic carbocycles. The van der Waals surface area contributed by atoms with Gasteiger partial charge in [-0.15, -0.1) is 0 Å². The maximum Gasteiger partial charge on any atom is 0.331 e. The number of ether oxygens (including phenoxy) is 2. The van der Waals surface area contributed by atoms with Gasteiger partial charge in [0.1, 0.15) is 12.1 Å². The highest BCUT2D eigenvalue weighted by atomic mass is 32.1. The monoisotopic (exact) mass is 278 g/mol. The van der Waals surface area contributed by atoms with E-state index in [1.54, 1.807) is 6.92 Å². The Morgan fingerprint density at radius 1 is 1.17 bits per heavy atom. The maximum absolute atomic E-state index is 11.3. The van der Waals surface area contributed by atoms with Gasteiger partial charge in [0.2, 0.25) is 0 Å². The molecule has 0 unspecified atom stereocenters. The van der Waals surface area contributed by atoms with Crippen molar-refractivity contribution in [1.29, 1.82) is 0 Å². The highest BCUT2D eigenvalue weighted by Crippen LogP contribution is 2.00. The molecule has 0 aromatic rings. The van der Waals surface area contributed by atoms with Crippen molar-refractivity contribution in [3.8, 4) is 0 Å². The zero-order chi connectivity index (χ0) is 14.1. The standard InChI is InChI=1S/C10H18N2O5S/c1-2-16-8(13)4-3-6(11)9(14)17-10(15)7(12)5-18/h6-7,18H,2-5,11-12H2,1H3/t6-,7-/m0/s1. The van der Waals surface area contributed by atoms with Crippen molar-refractivity contribution in [3.05, 3.63) is 0 Å². The van der Waals surface area contributed by atoms with Crippen LogP contribution in [0.3, 0.4) is 0 Å². The average Bonchev–Trinajstić information content (AvgIpc) is 2.34. The van der Waals surface area contributed by atoms with Crippen molar-refractivity contribution in [3.63, 3.8) is 0 Å². The topological polar surface area (TPSA) is 122 Å². The van der Waals surface area contributed by atoms with Crippen molar-refractivity contribution in [2.24, 2.45) is 11.5 Å². The molecule has 2 atom stereocenters. The molecule has 0 radical (unpaired) electrons. The molecule has 0 rings (SSSR count). The minimum Gasteiger partial charge on any atom is -0.466 e. The second-order valence-electron chi connectivity index (χ2n) is 3.48. The quantitative estimate of drug-likeness (QED) is 0.309. The number of nitrogens with two attached hydrogens (primary N) is 2. The third-order valence-corrected chi connectivity index (χ3v) is 2.36. The first-order valence-corrected chi connectivity index (χ1v) is 6.08. The Balaban J connectivity index is 4.03. The molecule has 0 saturated heterocycles. The van der Waals surface area contributed by atoms with Crippen LogP contribution in [0.4, 0.5) is 0 Å². The van der Waals surface area contributed by atoms with E-state index in [1.807, 2.05) is 0 Å². The van der Waals surface area contributed by atoms with Gasteiger partial charge >= 0.3 is 17.9 Å². The van der Waals surface area contributed by atoms with Crippen molar-refractivity contribution in [2.75, 3.05) is 12.4 Å². The Hall–Kier alpha value is -1.12. The predicted molar refractivity (Wildman–Crippen MR) is 66.8 cm³/mol. The van der Waals surface area contributed by atoms with Gasteiger partial charge in [-0.05, 0) is 13.3 Å². The summed E-state index contributed by atoms with van der Waals surface area (Å²) in [5.74, 6) is -2.20. The Kier molecular flexibility index (Phi) is 8.34. The van der Waals surface area contributed by atoms with E-state index in [0.29, 0.717) is 0 Å². The normalized spacial score (nSPS) is 13.6. The van der Waals surface area contributed by atoms with E-state index in [9.17, 15) is 14.4 Å². The first-order valence-electron chi connectivity index (χ1n) is 5.45. The minimum absolute atomic E-state index is 0.0169. The zero-order valence-electron chi connectivity index (χ0n) is 10.1. The lowest BCUT2D eigenvalue weighted by atomic mass is 10.2. The van der Waals surface area contributed by atoms with E-state index in [1.165, 1.54) is 0 Å². The maximum atomic E-state index is 11.3. The summed E-state index contributed by atoms with van der Waals surface area (Å²) in [7, 11) is 0. The minimum atomic E-state index is -1.06. The fourth-order valence-electron chi connectivity index (χ4n) is 0.949. The van der Waals surface area contributed by atoms with Gasteiger partial charge in [0.05, 0.1) is 6.61 Å². The molecule has 0 saturated carbocycles. The van der Waals surface area contributed by atoms with Crippen molar-refractivity contribution in [1.82, 2.24) is 0 Å². The van der Waals surface area contributed by atoms with Gasteiger partial charge in [-0.3, -0.25) is 4.79 Å². The van der Waals surface area contributed by atoms with E-state index in [4.69, 9.17) is 11.5 Å². The number of thiol groups is 1. The molecule has 0 amide bonds. The Bertz CT molecular complexity index is 311. The van der Waals surface area contributed by atoms with E-state index < -0.39 is 30.0 Å². The van der Waals surface area contributed by atoms with Gasteiger partial charge in [0, 0.05) is 12.2 Å². The fourth-order valence-corrected chi connectivity index (χ4v) is 1.10. The van der Waals surface area contributed by atoms with Crippen LogP contribution in [0.25, 0.3) is 0 Å². The predicted octanol–water partition coefficient (Wildman–Crippen LogP) is -1.02. The molecule has 0 aromatic heterocycles. The Morgan fingerprint density at radius 2 is 1.72 bits per heavy atom. The van der Waals surface area contributed by atoms with Crippen LogP contribution in [-0.2, 0) is 23.9 Å². The fraction of sp³-hybridized carbons (Fsp3) is 0.700. The number of rotatable bonds is 7. The van der Waals surface area contributed by atoms with Gasteiger partial charge in [0.15, 0.2) is 0 Å². The van der Waals surface area contributed by atoms with Gasteiger partial charge < -0.3 is 20.9 Å². The van der Waals surface area contributed by atoms with Crippen LogP contribution < -0.4 is 11.5 Å². The van der Waals surface area contributed by atoms with Gasteiger partial charge in [-0.1, -0.05) is 0 Å². The van der Waals surface area contributed by atoms with Gasteiger partial charge in [0.25, 0.3) is 0 Å². The zero-order valence-corrected chi connectivity index (χ0v) is 11.0. The third-order valence-electron chi connectivity index (χ3n) is 1.97. The molecule has 104 valence electrons. The molecule has 18 heavy (non-hydrogen) atoms. The summed E-state index contributed by atoms with van der Waals surface area (Å²) in [5, 5.41) is 0. The van der Waals surface area contributed by atoms with Crippen LogP contribution in [0.5, 0.6) is 0 Å². The highest BCUT2D eigenvalue weighted by Gasteiger charge is 2.23. The van der Waals surface area contributed by atoms with Crippen molar-refractivity contribution < 1.29 is 23.9 Å². The Labute approximate surface area is 111 Å². The van der Waals surface area contributed by atoms with Gasteiger partial charge in [-0.2, -0.15) is 12.6 Å². The third kappa shape index (κ3) is 6.58. The summed E-state index contributed by atoms with van der Waals surface area (Å²) in [6, 6.07) is -2.04. The summed E-state index contributed by atoms with van der Waals surface area (Å²) in [4.78, 5) is 33.5. The number of hydrogen-bond donors (Lipinski definition) is 3. The molecule has 8 heteroatoms. The second-order valence-corrected chi connectivity index (χ2v) is 3.84. The van der Waals surface area contributed by atoms with Gasteiger partial charge in [-0.25, -0.2) is 9.59 Å². The van der Waals surface area contributed by atoms with Crippen LogP contribution in [0.2, 0.25) is 0 Å². The van der Waals surface area contributed by atoms with E-state index >= 15 is 0 Å². The molecular weight excluding hydrogens is 260 g/mol. The molecule has 0 bridgehead atoms. The lowest BCUT2D eigenvalue weighted by Crippen LogP contribution is -2.40. The second kappa shape index (κ2) is 8.90. The highest BCUT2D eigenvalue weighted by molar-refractivity contribution is 7.80. The first-order chi connectivity index (χ1) is 8.42. The van der Waals surface area contributed by atoms with Crippen LogP contribution in [0, 0.1) is 0 Å².